The van der Waals surface area contributed by atoms with Gasteiger partial charge in [0.25, 0.3) is 5.91 Å². The third kappa shape index (κ3) is 3.71. The number of pyridine rings is 1. The summed E-state index contributed by atoms with van der Waals surface area (Å²) >= 11 is 0. The molecule has 2 rings (SSSR count). The molecule has 1 amide bonds. The number of carbonyl (C=O) groups excluding carboxylic acids is 2. The molecule has 1 fully saturated rings. The average molecular weight is 291 g/mol. The number of anilines is 1. The maximum atomic E-state index is 11.7. The average Bonchev–Trinajstić information content (AvgIpc) is 2.54. The van der Waals surface area contributed by atoms with E-state index in [1.54, 1.807) is 19.3 Å². The Morgan fingerprint density at radius 1 is 1.48 bits per heavy atom. The molecule has 1 aliphatic rings. The Hall–Kier alpha value is -2.11. The zero-order valence-electron chi connectivity index (χ0n) is 12.5. The van der Waals surface area contributed by atoms with Crippen LogP contribution >= 0.6 is 0 Å². The van der Waals surface area contributed by atoms with Gasteiger partial charge in [0.1, 0.15) is 5.69 Å². The maximum absolute atomic E-state index is 11.7. The number of methoxy groups -OCH3 is 1. The second-order valence-electron chi connectivity index (χ2n) is 5.10. The summed E-state index contributed by atoms with van der Waals surface area (Å²) in [6, 6.07) is 3.77. The highest BCUT2D eigenvalue weighted by molar-refractivity contribution is 5.92. The minimum atomic E-state index is -0.210. The zero-order chi connectivity index (χ0) is 15.2. The van der Waals surface area contributed by atoms with E-state index in [1.165, 1.54) is 7.11 Å². The summed E-state index contributed by atoms with van der Waals surface area (Å²) < 4.78 is 4.77. The predicted molar refractivity (Wildman–Crippen MR) is 79.2 cm³/mol. The van der Waals surface area contributed by atoms with Gasteiger partial charge in [0.05, 0.1) is 13.5 Å². The highest BCUT2D eigenvalue weighted by atomic mass is 16.5. The van der Waals surface area contributed by atoms with Crippen LogP contribution < -0.4 is 10.2 Å². The molecule has 0 aromatic carbocycles. The van der Waals surface area contributed by atoms with Crippen molar-refractivity contribution in [2.24, 2.45) is 0 Å². The van der Waals surface area contributed by atoms with Gasteiger partial charge < -0.3 is 15.0 Å². The molecular formula is C15H21N3O3. The van der Waals surface area contributed by atoms with Gasteiger partial charge in [0, 0.05) is 31.5 Å². The Morgan fingerprint density at radius 3 is 3.00 bits per heavy atom. The Balaban J connectivity index is 2.20. The van der Waals surface area contributed by atoms with E-state index in [0.717, 1.165) is 31.5 Å². The Bertz CT molecular complexity index is 519. The van der Waals surface area contributed by atoms with Gasteiger partial charge >= 0.3 is 5.97 Å². The van der Waals surface area contributed by atoms with Gasteiger partial charge in [-0.25, -0.2) is 0 Å². The fraction of sp³-hybridized carbons (Fsp3) is 0.533. The molecule has 1 N–H and O–H groups in total. The second kappa shape index (κ2) is 7.06. The lowest BCUT2D eigenvalue weighted by molar-refractivity contribution is -0.141. The molecule has 0 aliphatic carbocycles. The minimum absolute atomic E-state index is 0.117. The maximum Gasteiger partial charge on any atom is 0.307 e. The number of carbonyl (C=O) groups is 2. The lowest BCUT2D eigenvalue weighted by atomic mass is 9.98. The molecule has 6 heteroatoms. The third-order valence-electron chi connectivity index (χ3n) is 3.79. The number of amides is 1. The highest BCUT2D eigenvalue weighted by Crippen LogP contribution is 2.27. The molecule has 2 heterocycles. The molecule has 1 atom stereocenters. The Morgan fingerprint density at radius 2 is 2.29 bits per heavy atom. The van der Waals surface area contributed by atoms with Crippen LogP contribution in [0.15, 0.2) is 18.3 Å². The van der Waals surface area contributed by atoms with Crippen LogP contribution in [0.1, 0.15) is 36.2 Å². The van der Waals surface area contributed by atoms with Crippen molar-refractivity contribution in [1.29, 1.82) is 0 Å². The van der Waals surface area contributed by atoms with Crippen molar-refractivity contribution < 1.29 is 14.3 Å². The summed E-state index contributed by atoms with van der Waals surface area (Å²) in [5, 5.41) is 2.57. The number of hydrogen-bond acceptors (Lipinski definition) is 5. The molecule has 0 radical (unpaired) electrons. The van der Waals surface area contributed by atoms with Crippen LogP contribution in [0.5, 0.6) is 0 Å². The van der Waals surface area contributed by atoms with Crippen LogP contribution in [-0.2, 0) is 9.53 Å². The SMILES string of the molecule is CNC(=O)c1cc(N2CCCCC2CC(=O)OC)ccn1. The summed E-state index contributed by atoms with van der Waals surface area (Å²) in [4.78, 5) is 29.5. The number of hydrogen-bond donors (Lipinski definition) is 1. The molecule has 0 bridgehead atoms. The van der Waals surface area contributed by atoms with Crippen LogP contribution in [0.2, 0.25) is 0 Å². The Labute approximate surface area is 124 Å². The summed E-state index contributed by atoms with van der Waals surface area (Å²) in [5.41, 5.74) is 1.31. The van der Waals surface area contributed by atoms with E-state index in [1.807, 2.05) is 6.07 Å². The first-order chi connectivity index (χ1) is 10.2. The van der Waals surface area contributed by atoms with E-state index < -0.39 is 0 Å². The molecule has 0 saturated carbocycles. The van der Waals surface area contributed by atoms with E-state index >= 15 is 0 Å². The van der Waals surface area contributed by atoms with Crippen molar-refractivity contribution in [3.63, 3.8) is 0 Å². The quantitative estimate of drug-likeness (QED) is 0.848. The fourth-order valence-corrected chi connectivity index (χ4v) is 2.68. The fourth-order valence-electron chi connectivity index (χ4n) is 2.68. The van der Waals surface area contributed by atoms with E-state index in [4.69, 9.17) is 4.74 Å². The lowest BCUT2D eigenvalue weighted by Crippen LogP contribution is -2.41. The van der Waals surface area contributed by atoms with Gasteiger partial charge in [-0.15, -0.1) is 0 Å². The zero-order valence-corrected chi connectivity index (χ0v) is 12.5. The lowest BCUT2D eigenvalue weighted by Gasteiger charge is -2.37. The molecule has 1 unspecified atom stereocenters. The van der Waals surface area contributed by atoms with Gasteiger partial charge in [0.15, 0.2) is 0 Å². The van der Waals surface area contributed by atoms with Crippen LogP contribution in [0, 0.1) is 0 Å². The summed E-state index contributed by atoms with van der Waals surface area (Å²) in [6.45, 7) is 0.874. The number of ether oxygens (including phenoxy) is 1. The Kier molecular flexibility index (Phi) is 5.14. The molecule has 1 aromatic heterocycles. The molecule has 0 spiro atoms. The normalized spacial score (nSPS) is 18.2. The number of nitrogens with one attached hydrogen (secondary N) is 1. The first-order valence-corrected chi connectivity index (χ1v) is 7.17. The van der Waals surface area contributed by atoms with Gasteiger partial charge in [-0.05, 0) is 31.4 Å². The van der Waals surface area contributed by atoms with Crippen LogP contribution in [0.3, 0.4) is 0 Å². The molecule has 21 heavy (non-hydrogen) atoms. The van der Waals surface area contributed by atoms with Crippen molar-refractivity contribution in [2.75, 3.05) is 25.6 Å². The monoisotopic (exact) mass is 291 g/mol. The number of esters is 1. The molecule has 1 aliphatic heterocycles. The summed E-state index contributed by atoms with van der Waals surface area (Å²) in [7, 11) is 2.99. The van der Waals surface area contributed by atoms with Gasteiger partial charge in [-0.3, -0.25) is 14.6 Å². The van der Waals surface area contributed by atoms with E-state index in [0.29, 0.717) is 12.1 Å². The summed E-state index contributed by atoms with van der Waals surface area (Å²) in [5.74, 6) is -0.411. The molecule has 1 saturated heterocycles. The number of nitrogens with zero attached hydrogens (tertiary/aromatic N) is 2. The van der Waals surface area contributed by atoms with E-state index in [2.05, 4.69) is 15.2 Å². The van der Waals surface area contributed by atoms with E-state index in [-0.39, 0.29) is 17.9 Å². The number of aromatic nitrogens is 1. The predicted octanol–water partition coefficient (Wildman–Crippen LogP) is 1.36. The van der Waals surface area contributed by atoms with Crippen LogP contribution in [0.25, 0.3) is 0 Å². The molecule has 6 nitrogen and oxygen atoms in total. The van der Waals surface area contributed by atoms with Crippen molar-refractivity contribution in [2.45, 2.75) is 31.7 Å². The second-order valence-corrected chi connectivity index (χ2v) is 5.10. The smallest absolute Gasteiger partial charge is 0.307 e. The first-order valence-electron chi connectivity index (χ1n) is 7.17. The van der Waals surface area contributed by atoms with E-state index in [9.17, 15) is 9.59 Å². The van der Waals surface area contributed by atoms with Crippen LogP contribution in [-0.4, -0.2) is 43.6 Å². The standard InChI is InChI=1S/C15H21N3O3/c1-16-15(20)13-9-12(6-7-17-13)18-8-4-3-5-11(18)10-14(19)21-2/h6-7,9,11H,3-5,8,10H2,1-2H3,(H,16,20). The van der Waals surface area contributed by atoms with Crippen molar-refractivity contribution in [1.82, 2.24) is 10.3 Å². The van der Waals surface area contributed by atoms with Crippen molar-refractivity contribution in [3.8, 4) is 0 Å². The highest BCUT2D eigenvalue weighted by Gasteiger charge is 2.26. The van der Waals surface area contributed by atoms with Crippen LogP contribution in [0.4, 0.5) is 5.69 Å². The molecule has 114 valence electrons. The minimum Gasteiger partial charge on any atom is -0.469 e. The molecule has 1 aromatic rings. The third-order valence-corrected chi connectivity index (χ3v) is 3.79. The number of rotatable bonds is 4. The first kappa shape index (κ1) is 15.3. The summed E-state index contributed by atoms with van der Waals surface area (Å²) in [6.07, 6.45) is 5.13. The molecular weight excluding hydrogens is 270 g/mol. The topological polar surface area (TPSA) is 71.5 Å². The largest absolute Gasteiger partial charge is 0.469 e. The number of piperidine rings is 1. The van der Waals surface area contributed by atoms with Gasteiger partial charge in [-0.1, -0.05) is 0 Å². The van der Waals surface area contributed by atoms with Crippen molar-refractivity contribution in [3.05, 3.63) is 24.0 Å². The van der Waals surface area contributed by atoms with Gasteiger partial charge in [-0.2, -0.15) is 0 Å². The van der Waals surface area contributed by atoms with Crippen molar-refractivity contribution >= 4 is 17.6 Å². The van der Waals surface area contributed by atoms with Gasteiger partial charge in [0.2, 0.25) is 0 Å².